The second-order valence-corrected chi connectivity index (χ2v) is 9.55. The Hall–Kier alpha value is -3.09. The molecule has 3 aromatic rings. The van der Waals surface area contributed by atoms with Crippen molar-refractivity contribution in [1.29, 1.82) is 0 Å². The van der Waals surface area contributed by atoms with Crippen LogP contribution in [0.4, 0.5) is 0 Å². The van der Waals surface area contributed by atoms with Crippen molar-refractivity contribution in [2.24, 2.45) is 5.41 Å². The molecule has 0 saturated carbocycles. The average Bonchev–Trinajstić information content (AvgIpc) is 3.24. The van der Waals surface area contributed by atoms with E-state index in [1.165, 1.54) is 6.92 Å². The van der Waals surface area contributed by atoms with E-state index in [0.717, 1.165) is 22.4 Å². The molecule has 0 amide bonds. The van der Waals surface area contributed by atoms with E-state index in [9.17, 15) is 14.7 Å². The molecule has 0 bridgehead atoms. The molecule has 2 unspecified atom stereocenters. The minimum Gasteiger partial charge on any atom is -0.464 e. The number of hydrogen-bond acceptors (Lipinski definition) is 5. The minimum atomic E-state index is -1.52. The summed E-state index contributed by atoms with van der Waals surface area (Å²) < 4.78 is 12.9. The molecule has 0 aliphatic carbocycles. The van der Waals surface area contributed by atoms with Crippen molar-refractivity contribution in [3.63, 3.8) is 0 Å². The molecule has 0 spiro atoms. The summed E-state index contributed by atoms with van der Waals surface area (Å²) >= 11 is 6.16. The highest BCUT2D eigenvalue weighted by Gasteiger charge is 2.48. The first kappa shape index (κ1) is 24.0. The zero-order chi connectivity index (χ0) is 24.6. The maximum absolute atomic E-state index is 12.8. The third-order valence-electron chi connectivity index (χ3n) is 6.12. The SMILES string of the molecule is CCOC(=O)C(O)c1c(-c2ccc(Cl)cc2)c(-c2ccccc2)c2n1CC(C)(C)C2OC(C)=O. The number of fused-ring (bicyclic) bond motifs is 1. The van der Waals surface area contributed by atoms with Crippen LogP contribution in [0.2, 0.25) is 5.02 Å². The number of aromatic nitrogens is 1. The molecule has 1 aliphatic heterocycles. The molecule has 2 aromatic carbocycles. The number of aliphatic hydroxyl groups is 1. The molecule has 0 fully saturated rings. The molecule has 2 heterocycles. The van der Waals surface area contributed by atoms with Gasteiger partial charge in [0.2, 0.25) is 0 Å². The number of benzene rings is 2. The maximum atomic E-state index is 12.8. The summed E-state index contributed by atoms with van der Waals surface area (Å²) in [7, 11) is 0. The minimum absolute atomic E-state index is 0.146. The van der Waals surface area contributed by atoms with Gasteiger partial charge in [-0.05, 0) is 30.2 Å². The van der Waals surface area contributed by atoms with Crippen molar-refractivity contribution in [3.05, 3.63) is 71.0 Å². The standard InChI is InChI=1S/C27H28ClNO5/c1-5-33-26(32)24(31)22-20(18-11-13-19(28)14-12-18)21(17-9-7-6-8-10-17)23-25(34-16(2)30)27(3,4)15-29(22)23/h6-14,24-25,31H,5,15H2,1-4H3. The van der Waals surface area contributed by atoms with E-state index in [4.69, 9.17) is 21.1 Å². The summed E-state index contributed by atoms with van der Waals surface area (Å²) in [5.41, 5.74) is 3.85. The Labute approximate surface area is 204 Å². The average molecular weight is 482 g/mol. The van der Waals surface area contributed by atoms with E-state index < -0.39 is 29.6 Å². The summed E-state index contributed by atoms with van der Waals surface area (Å²) in [6.45, 7) is 7.68. The first-order valence-corrected chi connectivity index (χ1v) is 11.6. The van der Waals surface area contributed by atoms with Crippen molar-refractivity contribution in [2.45, 2.75) is 46.4 Å². The van der Waals surface area contributed by atoms with Crippen molar-refractivity contribution < 1.29 is 24.2 Å². The molecule has 1 N–H and O–H groups in total. The molecule has 1 aliphatic rings. The number of aliphatic hydroxyl groups excluding tert-OH is 1. The van der Waals surface area contributed by atoms with Gasteiger partial charge in [0.15, 0.2) is 6.10 Å². The Bertz CT molecular complexity index is 1210. The predicted molar refractivity (Wildman–Crippen MR) is 130 cm³/mol. The molecule has 0 saturated heterocycles. The van der Waals surface area contributed by atoms with E-state index in [2.05, 4.69) is 0 Å². The Balaban J connectivity index is 2.10. The van der Waals surface area contributed by atoms with Gasteiger partial charge in [-0.25, -0.2) is 4.79 Å². The predicted octanol–water partition coefficient (Wildman–Crippen LogP) is 5.72. The van der Waals surface area contributed by atoms with E-state index >= 15 is 0 Å². The van der Waals surface area contributed by atoms with E-state index in [1.54, 1.807) is 19.1 Å². The van der Waals surface area contributed by atoms with Gasteiger partial charge >= 0.3 is 11.9 Å². The number of ether oxygens (including phenoxy) is 2. The number of esters is 2. The number of carbonyl (C=O) groups is 2. The van der Waals surface area contributed by atoms with Crippen LogP contribution in [-0.4, -0.2) is 28.2 Å². The van der Waals surface area contributed by atoms with Gasteiger partial charge in [-0.15, -0.1) is 0 Å². The van der Waals surface area contributed by atoms with Crippen LogP contribution in [-0.2, 0) is 25.6 Å². The van der Waals surface area contributed by atoms with Crippen LogP contribution < -0.4 is 0 Å². The van der Waals surface area contributed by atoms with Gasteiger partial charge in [-0.3, -0.25) is 4.79 Å². The number of halogens is 1. The van der Waals surface area contributed by atoms with E-state index in [-0.39, 0.29) is 6.61 Å². The molecule has 6 nitrogen and oxygen atoms in total. The van der Waals surface area contributed by atoms with Gasteiger partial charge in [-0.2, -0.15) is 0 Å². The normalized spacial score (nSPS) is 17.2. The van der Waals surface area contributed by atoms with Crippen molar-refractivity contribution >= 4 is 23.5 Å². The maximum Gasteiger partial charge on any atom is 0.341 e. The zero-order valence-electron chi connectivity index (χ0n) is 19.7. The molecule has 4 rings (SSSR count). The highest BCUT2D eigenvalue weighted by Crippen LogP contribution is 2.54. The first-order chi connectivity index (χ1) is 16.2. The highest BCUT2D eigenvalue weighted by molar-refractivity contribution is 6.30. The fourth-order valence-corrected chi connectivity index (χ4v) is 4.89. The third-order valence-corrected chi connectivity index (χ3v) is 6.37. The molecule has 1 aromatic heterocycles. The lowest BCUT2D eigenvalue weighted by Crippen LogP contribution is -2.24. The second-order valence-electron chi connectivity index (χ2n) is 9.11. The van der Waals surface area contributed by atoms with Crippen LogP contribution in [0.15, 0.2) is 54.6 Å². The molecule has 2 atom stereocenters. The monoisotopic (exact) mass is 481 g/mol. The molecule has 7 heteroatoms. The van der Waals surface area contributed by atoms with Crippen molar-refractivity contribution in [2.75, 3.05) is 6.61 Å². The van der Waals surface area contributed by atoms with Crippen molar-refractivity contribution in [3.8, 4) is 22.3 Å². The van der Waals surface area contributed by atoms with Gasteiger partial charge in [0.25, 0.3) is 0 Å². The lowest BCUT2D eigenvalue weighted by molar-refractivity contribution is -0.153. The van der Waals surface area contributed by atoms with E-state index in [1.807, 2.05) is 60.9 Å². The second kappa shape index (κ2) is 9.28. The number of hydrogen-bond donors (Lipinski definition) is 1. The fourth-order valence-electron chi connectivity index (χ4n) is 4.76. The Morgan fingerprint density at radius 1 is 1.09 bits per heavy atom. The number of carbonyl (C=O) groups excluding carboxylic acids is 2. The summed E-state index contributed by atoms with van der Waals surface area (Å²) in [4.78, 5) is 24.9. The molecule has 34 heavy (non-hydrogen) atoms. The summed E-state index contributed by atoms with van der Waals surface area (Å²) in [5, 5.41) is 11.8. The van der Waals surface area contributed by atoms with Crippen LogP contribution in [0.3, 0.4) is 0 Å². The molecular weight excluding hydrogens is 454 g/mol. The third kappa shape index (κ3) is 4.24. The first-order valence-electron chi connectivity index (χ1n) is 11.2. The van der Waals surface area contributed by atoms with Gasteiger partial charge < -0.3 is 19.1 Å². The van der Waals surface area contributed by atoms with Gasteiger partial charge in [0, 0.05) is 35.0 Å². The van der Waals surface area contributed by atoms with Gasteiger partial charge in [0.1, 0.15) is 6.10 Å². The fraction of sp³-hybridized carbons (Fsp3) is 0.333. The summed E-state index contributed by atoms with van der Waals surface area (Å²) in [6.07, 6.45) is -2.09. The zero-order valence-corrected chi connectivity index (χ0v) is 20.4. The van der Waals surface area contributed by atoms with Crippen LogP contribution in [0.5, 0.6) is 0 Å². The van der Waals surface area contributed by atoms with Gasteiger partial charge in [0.05, 0.1) is 18.0 Å². The molecule has 178 valence electrons. The number of rotatable bonds is 6. The highest BCUT2D eigenvalue weighted by atomic mass is 35.5. The van der Waals surface area contributed by atoms with Crippen LogP contribution in [0, 0.1) is 5.41 Å². The smallest absolute Gasteiger partial charge is 0.341 e. The quantitative estimate of drug-likeness (QED) is 0.456. The van der Waals surface area contributed by atoms with Crippen LogP contribution >= 0.6 is 11.6 Å². The molecular formula is C27H28ClNO5. The van der Waals surface area contributed by atoms with Crippen LogP contribution in [0.25, 0.3) is 22.3 Å². The lowest BCUT2D eigenvalue weighted by Gasteiger charge is -2.27. The summed E-state index contributed by atoms with van der Waals surface area (Å²) in [6, 6.07) is 16.9. The Morgan fingerprint density at radius 3 is 2.29 bits per heavy atom. The number of nitrogens with zero attached hydrogens (tertiary/aromatic N) is 1. The lowest BCUT2D eigenvalue weighted by atomic mass is 9.83. The summed E-state index contributed by atoms with van der Waals surface area (Å²) in [5.74, 6) is -1.13. The van der Waals surface area contributed by atoms with Crippen LogP contribution in [0.1, 0.15) is 51.3 Å². The van der Waals surface area contributed by atoms with Crippen molar-refractivity contribution in [1.82, 2.24) is 4.57 Å². The molecule has 0 radical (unpaired) electrons. The Kier molecular flexibility index (Phi) is 6.56. The van der Waals surface area contributed by atoms with Gasteiger partial charge in [-0.1, -0.05) is 67.9 Å². The van der Waals surface area contributed by atoms with E-state index in [0.29, 0.717) is 22.8 Å². The Morgan fingerprint density at radius 2 is 1.71 bits per heavy atom. The largest absolute Gasteiger partial charge is 0.464 e. The topological polar surface area (TPSA) is 77.8 Å².